The van der Waals surface area contributed by atoms with Gasteiger partial charge in [-0.2, -0.15) is 4.31 Å². The van der Waals surface area contributed by atoms with Gasteiger partial charge in [0.25, 0.3) is 0 Å². The van der Waals surface area contributed by atoms with Gasteiger partial charge in [-0.25, -0.2) is 22.8 Å². The van der Waals surface area contributed by atoms with Crippen LogP contribution in [-0.4, -0.2) is 54.4 Å². The zero-order valence-electron chi connectivity index (χ0n) is 21.7. The van der Waals surface area contributed by atoms with E-state index in [1.165, 1.54) is 16.4 Å². The van der Waals surface area contributed by atoms with Crippen molar-refractivity contribution in [3.8, 4) is 22.8 Å². The molecule has 1 atom stereocenters. The van der Waals surface area contributed by atoms with Gasteiger partial charge in [0, 0.05) is 30.8 Å². The summed E-state index contributed by atoms with van der Waals surface area (Å²) in [5.74, 6) is 1.12. The average Bonchev–Trinajstić information content (AvgIpc) is 3.62. The Labute approximate surface area is 227 Å². The lowest BCUT2D eigenvalue weighted by Crippen LogP contribution is -2.40. The van der Waals surface area contributed by atoms with E-state index in [0.717, 1.165) is 37.1 Å². The molecule has 3 heterocycles. The number of aryl methyl sites for hydroxylation is 1. The zero-order chi connectivity index (χ0) is 27.4. The molecule has 39 heavy (non-hydrogen) atoms. The van der Waals surface area contributed by atoms with Crippen molar-refractivity contribution in [1.82, 2.24) is 14.3 Å². The monoisotopic (exact) mass is 554 g/mol. The first-order chi connectivity index (χ1) is 18.8. The summed E-state index contributed by atoms with van der Waals surface area (Å²) in [4.78, 5) is 22.6. The molecule has 0 spiro atoms. The van der Waals surface area contributed by atoms with E-state index in [-0.39, 0.29) is 30.4 Å². The number of halogens is 1. The molecular formula is C28H31FN4O5S. The molecule has 1 N–H and O–H groups in total. The number of aromatic nitrogens is 2. The van der Waals surface area contributed by atoms with E-state index >= 15 is 0 Å². The second-order valence-corrected chi connectivity index (χ2v) is 11.5. The van der Waals surface area contributed by atoms with Crippen LogP contribution in [0.5, 0.6) is 11.5 Å². The maximum absolute atomic E-state index is 13.3. The molecule has 1 saturated heterocycles. The topological polar surface area (TPSA) is 111 Å². The Kier molecular flexibility index (Phi) is 8.08. The van der Waals surface area contributed by atoms with Crippen molar-refractivity contribution in [2.24, 2.45) is 0 Å². The predicted octanol–water partition coefficient (Wildman–Crippen LogP) is 4.58. The van der Waals surface area contributed by atoms with Crippen molar-refractivity contribution in [2.75, 3.05) is 25.2 Å². The molecule has 0 aliphatic carbocycles. The lowest BCUT2D eigenvalue weighted by Gasteiger charge is -2.23. The van der Waals surface area contributed by atoms with E-state index in [9.17, 15) is 17.6 Å². The molecule has 2 aromatic carbocycles. The normalized spacial score (nSPS) is 16.9. The van der Waals surface area contributed by atoms with Crippen molar-refractivity contribution >= 4 is 21.8 Å². The fraction of sp³-hybridized carbons (Fsp3) is 0.393. The molecule has 0 radical (unpaired) electrons. The van der Waals surface area contributed by atoms with Gasteiger partial charge in [0.15, 0.2) is 17.3 Å². The van der Waals surface area contributed by atoms with Gasteiger partial charge in [-0.15, -0.1) is 0 Å². The molecule has 0 bridgehead atoms. The molecule has 9 nitrogen and oxygen atoms in total. The second kappa shape index (κ2) is 11.7. The van der Waals surface area contributed by atoms with Crippen LogP contribution in [0.4, 0.5) is 10.3 Å². The summed E-state index contributed by atoms with van der Waals surface area (Å²) in [6, 6.07) is 11.4. The third-order valence-corrected chi connectivity index (χ3v) is 8.81. The van der Waals surface area contributed by atoms with Gasteiger partial charge in [0.1, 0.15) is 5.82 Å². The number of nitrogens with one attached hydrogen (secondary N) is 1. The summed E-state index contributed by atoms with van der Waals surface area (Å²) in [6.45, 7) is 3.25. The van der Waals surface area contributed by atoms with Crippen molar-refractivity contribution in [3.05, 3.63) is 60.0 Å². The molecule has 11 heteroatoms. The smallest absolute Gasteiger partial charge is 0.243 e. The highest BCUT2D eigenvalue weighted by molar-refractivity contribution is 7.89. The average molecular weight is 555 g/mol. The minimum atomic E-state index is -3.91. The Balaban J connectivity index is 1.33. The van der Waals surface area contributed by atoms with Crippen molar-refractivity contribution < 1.29 is 27.1 Å². The van der Waals surface area contributed by atoms with E-state index in [1.807, 2.05) is 24.3 Å². The number of sulfonamides is 1. The van der Waals surface area contributed by atoms with Gasteiger partial charge in [-0.1, -0.05) is 13.3 Å². The lowest BCUT2D eigenvalue weighted by atomic mass is 10.0. The highest BCUT2D eigenvalue weighted by Crippen LogP contribution is 2.36. The minimum absolute atomic E-state index is 0.0180. The number of carbonyl (C=O) groups is 1. The first kappa shape index (κ1) is 27.0. The molecule has 0 saturated carbocycles. The number of ketones is 1. The number of anilines is 1. The molecule has 206 valence electrons. The van der Waals surface area contributed by atoms with Crippen LogP contribution in [0.3, 0.4) is 0 Å². The van der Waals surface area contributed by atoms with E-state index in [4.69, 9.17) is 9.47 Å². The molecule has 2 aliphatic rings. The second-order valence-electron chi connectivity index (χ2n) is 9.61. The van der Waals surface area contributed by atoms with Gasteiger partial charge in [-0.05, 0) is 74.2 Å². The third-order valence-electron chi connectivity index (χ3n) is 6.88. The molecule has 1 fully saturated rings. The van der Waals surface area contributed by atoms with Gasteiger partial charge < -0.3 is 14.8 Å². The Hall–Kier alpha value is -3.57. The number of hydrogen-bond donors (Lipinski definition) is 1. The maximum Gasteiger partial charge on any atom is 0.243 e. The quantitative estimate of drug-likeness (QED) is 0.343. The van der Waals surface area contributed by atoms with Crippen molar-refractivity contribution in [1.29, 1.82) is 0 Å². The highest BCUT2D eigenvalue weighted by atomic mass is 32.2. The summed E-state index contributed by atoms with van der Waals surface area (Å²) < 4.78 is 51.9. The Bertz CT molecular complexity index is 1450. The highest BCUT2D eigenvalue weighted by Gasteiger charge is 2.39. The molecule has 5 rings (SSSR count). The number of hydrogen-bond acceptors (Lipinski definition) is 8. The zero-order valence-corrected chi connectivity index (χ0v) is 22.5. The molecule has 0 unspecified atom stereocenters. The molecular weight excluding hydrogens is 523 g/mol. The number of benzene rings is 2. The molecule has 1 aromatic heterocycles. The van der Waals surface area contributed by atoms with Crippen molar-refractivity contribution in [2.45, 2.75) is 56.4 Å². The van der Waals surface area contributed by atoms with E-state index < -0.39 is 21.9 Å². The van der Waals surface area contributed by atoms with Crippen molar-refractivity contribution in [3.63, 3.8) is 0 Å². The lowest BCUT2D eigenvalue weighted by molar-refractivity contribution is -0.122. The van der Waals surface area contributed by atoms with Crippen LogP contribution >= 0.6 is 0 Å². The standard InChI is InChI=1S/C28H31FN4O5S/c1-2-3-14-30-28-31-21(17-23(32-28)19-6-13-26-27(16-19)38-18-37-26)9-12-25(34)24-5-4-15-33(24)39(35,36)22-10-7-20(29)8-11-22/h6-8,10-11,13,16-17,24H,2-5,9,12,14-15,18H2,1H3,(H,30,31,32)/t24-/m0/s1. The van der Waals surface area contributed by atoms with E-state index in [2.05, 4.69) is 22.2 Å². The number of nitrogens with zero attached hydrogens (tertiary/aromatic N) is 3. The fourth-order valence-electron chi connectivity index (χ4n) is 4.79. The van der Waals surface area contributed by atoms with E-state index in [0.29, 0.717) is 48.1 Å². The Morgan fingerprint density at radius 1 is 1.10 bits per heavy atom. The van der Waals surface area contributed by atoms with Gasteiger partial charge in [0.2, 0.25) is 22.8 Å². The summed E-state index contributed by atoms with van der Waals surface area (Å²) >= 11 is 0. The molecule has 3 aromatic rings. The number of ether oxygens (including phenoxy) is 2. The van der Waals surface area contributed by atoms with Crippen LogP contribution in [0.25, 0.3) is 11.3 Å². The number of fused-ring (bicyclic) bond motifs is 1. The number of carbonyl (C=O) groups excluding carboxylic acids is 1. The summed E-state index contributed by atoms with van der Waals surface area (Å²) in [5, 5.41) is 3.26. The van der Waals surface area contributed by atoms with Crippen LogP contribution in [-0.2, 0) is 21.2 Å². The Morgan fingerprint density at radius 2 is 1.90 bits per heavy atom. The van der Waals surface area contributed by atoms with Crippen LogP contribution in [0.1, 0.15) is 44.7 Å². The fourth-order valence-corrected chi connectivity index (χ4v) is 6.47. The van der Waals surface area contributed by atoms with Crippen LogP contribution in [0.15, 0.2) is 53.4 Å². The van der Waals surface area contributed by atoms with Crippen LogP contribution < -0.4 is 14.8 Å². The largest absolute Gasteiger partial charge is 0.454 e. The van der Waals surface area contributed by atoms with E-state index in [1.54, 1.807) is 0 Å². The van der Waals surface area contributed by atoms with Gasteiger partial charge in [0.05, 0.1) is 16.6 Å². The summed E-state index contributed by atoms with van der Waals surface area (Å²) in [6.07, 6.45) is 3.49. The first-order valence-electron chi connectivity index (χ1n) is 13.2. The predicted molar refractivity (Wildman–Crippen MR) is 144 cm³/mol. The Morgan fingerprint density at radius 3 is 2.69 bits per heavy atom. The summed E-state index contributed by atoms with van der Waals surface area (Å²) in [5.41, 5.74) is 2.20. The number of rotatable bonds is 11. The molecule has 0 amide bonds. The summed E-state index contributed by atoms with van der Waals surface area (Å²) in [7, 11) is -3.91. The van der Waals surface area contributed by atoms with Crippen LogP contribution in [0.2, 0.25) is 0 Å². The maximum atomic E-state index is 13.3. The van der Waals surface area contributed by atoms with Crippen LogP contribution in [0, 0.1) is 5.82 Å². The minimum Gasteiger partial charge on any atom is -0.454 e. The van der Waals surface area contributed by atoms with Gasteiger partial charge >= 0.3 is 0 Å². The third kappa shape index (κ3) is 6.04. The SMILES string of the molecule is CCCCNc1nc(CCC(=O)[C@@H]2CCCN2S(=O)(=O)c2ccc(F)cc2)cc(-c2ccc3c(c2)OCO3)n1. The molecule has 2 aliphatic heterocycles. The van der Waals surface area contributed by atoms with Gasteiger partial charge in [-0.3, -0.25) is 4.79 Å². The number of Topliss-reactive ketones (excluding diaryl/α,β-unsaturated/α-hetero) is 1. The first-order valence-corrected chi connectivity index (χ1v) is 14.6. The number of unbranched alkanes of at least 4 members (excludes halogenated alkanes) is 1.